The number of hydrogen-bond donors (Lipinski definition) is 1. The van der Waals surface area contributed by atoms with Gasteiger partial charge in [-0.2, -0.15) is 0 Å². The van der Waals surface area contributed by atoms with E-state index >= 15 is 0 Å². The molecule has 2 aliphatic heterocycles. The zero-order valence-corrected chi connectivity index (χ0v) is 14.3. The summed E-state index contributed by atoms with van der Waals surface area (Å²) in [5, 5.41) is 2.92. The van der Waals surface area contributed by atoms with Crippen LogP contribution in [0.5, 0.6) is 5.75 Å². The van der Waals surface area contributed by atoms with E-state index in [-0.39, 0.29) is 18.0 Å². The first kappa shape index (κ1) is 16.8. The van der Waals surface area contributed by atoms with Crippen molar-refractivity contribution in [1.29, 1.82) is 0 Å². The maximum atomic E-state index is 12.6. The van der Waals surface area contributed by atoms with Gasteiger partial charge in [-0.3, -0.25) is 9.69 Å². The van der Waals surface area contributed by atoms with Gasteiger partial charge in [0.25, 0.3) is 5.91 Å². The topological polar surface area (TPSA) is 61.9 Å². The Morgan fingerprint density at radius 3 is 2.67 bits per heavy atom. The highest BCUT2D eigenvalue weighted by molar-refractivity contribution is 6.07. The van der Waals surface area contributed by atoms with Crippen molar-refractivity contribution in [2.24, 2.45) is 0 Å². The smallest absolute Gasteiger partial charge is 0.325 e. The average molecular weight is 331 g/mol. The van der Waals surface area contributed by atoms with Crippen LogP contribution in [0.25, 0.3) is 0 Å². The molecule has 1 aromatic carbocycles. The second kappa shape index (κ2) is 6.81. The largest absolute Gasteiger partial charge is 0.494 e. The van der Waals surface area contributed by atoms with Crippen molar-refractivity contribution in [2.45, 2.75) is 38.3 Å². The van der Waals surface area contributed by atoms with Crippen LogP contribution in [0.15, 0.2) is 30.3 Å². The van der Waals surface area contributed by atoms with Crippen LogP contribution < -0.4 is 10.1 Å². The number of amides is 3. The first-order valence-corrected chi connectivity index (χ1v) is 8.58. The molecule has 3 rings (SSSR count). The second-order valence-electron chi connectivity index (χ2n) is 6.82. The van der Waals surface area contributed by atoms with Gasteiger partial charge < -0.3 is 15.0 Å². The van der Waals surface area contributed by atoms with Gasteiger partial charge >= 0.3 is 6.03 Å². The predicted octanol–water partition coefficient (Wildman–Crippen LogP) is 1.86. The Morgan fingerprint density at radius 2 is 2.00 bits per heavy atom. The molecule has 3 amide bonds. The Morgan fingerprint density at radius 1 is 1.25 bits per heavy atom. The van der Waals surface area contributed by atoms with Crippen LogP contribution in [-0.2, 0) is 4.79 Å². The van der Waals surface area contributed by atoms with Gasteiger partial charge in [0.15, 0.2) is 0 Å². The molecule has 0 radical (unpaired) electrons. The molecule has 2 fully saturated rings. The summed E-state index contributed by atoms with van der Waals surface area (Å²) in [5.41, 5.74) is -0.721. The third kappa shape index (κ3) is 3.24. The first-order chi connectivity index (χ1) is 11.5. The Bertz CT molecular complexity index is 605. The Kier molecular flexibility index (Phi) is 4.76. The van der Waals surface area contributed by atoms with E-state index in [4.69, 9.17) is 4.74 Å². The predicted molar refractivity (Wildman–Crippen MR) is 90.9 cm³/mol. The monoisotopic (exact) mass is 331 g/mol. The number of rotatable bonds is 6. The van der Waals surface area contributed by atoms with E-state index in [1.807, 2.05) is 44.2 Å². The molecule has 24 heavy (non-hydrogen) atoms. The molecule has 1 atom stereocenters. The van der Waals surface area contributed by atoms with Crippen LogP contribution in [-0.4, -0.2) is 59.6 Å². The standard InChI is InChI=1S/C18H25N3O3/c1-14(2)21-16(22)18(19-17(21)23)9-11-20(13-18)10-6-12-24-15-7-4-3-5-8-15/h3-5,7-8,14H,6,9-13H2,1-2H3,(H,19,23)/t18-/m1/s1. The zero-order chi connectivity index (χ0) is 17.2. The number of likely N-dealkylation sites (tertiary alicyclic amines) is 1. The number of nitrogens with one attached hydrogen (secondary N) is 1. The molecule has 1 N–H and O–H groups in total. The molecular formula is C18H25N3O3. The van der Waals surface area contributed by atoms with Crippen LogP contribution in [0.4, 0.5) is 4.79 Å². The molecule has 0 aromatic heterocycles. The summed E-state index contributed by atoms with van der Waals surface area (Å²) in [7, 11) is 0. The minimum Gasteiger partial charge on any atom is -0.494 e. The van der Waals surface area contributed by atoms with Gasteiger partial charge in [-0.15, -0.1) is 0 Å². The quantitative estimate of drug-likeness (QED) is 0.638. The van der Waals surface area contributed by atoms with Crippen molar-refractivity contribution >= 4 is 11.9 Å². The van der Waals surface area contributed by atoms with E-state index in [1.54, 1.807) is 0 Å². The maximum absolute atomic E-state index is 12.6. The fourth-order valence-electron chi connectivity index (χ4n) is 3.46. The van der Waals surface area contributed by atoms with Crippen LogP contribution in [0.2, 0.25) is 0 Å². The van der Waals surface area contributed by atoms with E-state index in [9.17, 15) is 9.59 Å². The molecule has 6 heteroatoms. The fraction of sp³-hybridized carbons (Fsp3) is 0.556. The first-order valence-electron chi connectivity index (χ1n) is 8.58. The second-order valence-corrected chi connectivity index (χ2v) is 6.82. The number of nitrogens with zero attached hydrogens (tertiary/aromatic N) is 2. The Balaban J connectivity index is 1.47. The number of ether oxygens (including phenoxy) is 1. The zero-order valence-electron chi connectivity index (χ0n) is 14.3. The molecule has 0 bridgehead atoms. The summed E-state index contributed by atoms with van der Waals surface area (Å²) < 4.78 is 5.70. The van der Waals surface area contributed by atoms with Crippen LogP contribution in [0, 0.1) is 0 Å². The summed E-state index contributed by atoms with van der Waals surface area (Å²) in [6.07, 6.45) is 1.57. The van der Waals surface area contributed by atoms with Gasteiger partial charge in [0.2, 0.25) is 0 Å². The molecule has 0 unspecified atom stereocenters. The molecule has 2 heterocycles. The molecule has 2 aliphatic rings. The summed E-state index contributed by atoms with van der Waals surface area (Å²) in [6.45, 7) is 6.65. The number of para-hydroxylation sites is 1. The van der Waals surface area contributed by atoms with Crippen LogP contribution in [0.3, 0.4) is 0 Å². The van der Waals surface area contributed by atoms with E-state index < -0.39 is 5.54 Å². The van der Waals surface area contributed by atoms with Gasteiger partial charge in [0.05, 0.1) is 6.61 Å². The summed E-state index contributed by atoms with van der Waals surface area (Å²) >= 11 is 0. The van der Waals surface area contributed by atoms with E-state index in [1.165, 1.54) is 4.90 Å². The third-order valence-corrected chi connectivity index (χ3v) is 4.69. The molecule has 6 nitrogen and oxygen atoms in total. The van der Waals surface area contributed by atoms with Crippen LogP contribution in [0.1, 0.15) is 26.7 Å². The number of hydrogen-bond acceptors (Lipinski definition) is 4. The van der Waals surface area contributed by atoms with Crippen molar-refractivity contribution < 1.29 is 14.3 Å². The van der Waals surface area contributed by atoms with Gasteiger partial charge in [-0.05, 0) is 38.8 Å². The third-order valence-electron chi connectivity index (χ3n) is 4.69. The molecule has 1 spiro atoms. The summed E-state index contributed by atoms with van der Waals surface area (Å²) in [5.74, 6) is 0.798. The molecule has 130 valence electrons. The summed E-state index contributed by atoms with van der Waals surface area (Å²) in [6, 6.07) is 9.39. The van der Waals surface area contributed by atoms with Gasteiger partial charge in [-0.1, -0.05) is 18.2 Å². The highest BCUT2D eigenvalue weighted by atomic mass is 16.5. The lowest BCUT2D eigenvalue weighted by Crippen LogP contribution is -2.49. The van der Waals surface area contributed by atoms with E-state index in [2.05, 4.69) is 10.2 Å². The van der Waals surface area contributed by atoms with Gasteiger partial charge in [0.1, 0.15) is 11.3 Å². The highest BCUT2D eigenvalue weighted by Gasteiger charge is 2.54. The van der Waals surface area contributed by atoms with Crippen molar-refractivity contribution in [3.63, 3.8) is 0 Å². The van der Waals surface area contributed by atoms with Crippen molar-refractivity contribution in [3.8, 4) is 5.75 Å². The average Bonchev–Trinajstić information content (AvgIpc) is 3.06. The SMILES string of the molecule is CC(C)N1C(=O)N[C@@]2(CCN(CCCOc3ccccc3)C2)C1=O. The minimum absolute atomic E-state index is 0.0782. The number of imide groups is 1. The molecule has 0 aliphatic carbocycles. The Labute approximate surface area is 142 Å². The van der Waals surface area contributed by atoms with Gasteiger partial charge in [-0.25, -0.2) is 4.79 Å². The number of urea groups is 1. The van der Waals surface area contributed by atoms with Crippen molar-refractivity contribution in [3.05, 3.63) is 30.3 Å². The van der Waals surface area contributed by atoms with Gasteiger partial charge in [0, 0.05) is 25.7 Å². The molecule has 2 saturated heterocycles. The number of benzene rings is 1. The molecule has 1 aromatic rings. The fourth-order valence-corrected chi connectivity index (χ4v) is 3.46. The lowest BCUT2D eigenvalue weighted by molar-refractivity contribution is -0.132. The van der Waals surface area contributed by atoms with Crippen molar-refractivity contribution in [1.82, 2.24) is 15.1 Å². The van der Waals surface area contributed by atoms with Crippen molar-refractivity contribution in [2.75, 3.05) is 26.2 Å². The lowest BCUT2D eigenvalue weighted by atomic mass is 9.98. The number of carbonyl (C=O) groups is 2. The van der Waals surface area contributed by atoms with E-state index in [0.29, 0.717) is 19.6 Å². The lowest BCUT2D eigenvalue weighted by Gasteiger charge is -2.23. The van der Waals surface area contributed by atoms with Crippen LogP contribution >= 0.6 is 0 Å². The summed E-state index contributed by atoms with van der Waals surface area (Å²) in [4.78, 5) is 28.3. The van der Waals surface area contributed by atoms with E-state index in [0.717, 1.165) is 25.3 Å². The maximum Gasteiger partial charge on any atom is 0.325 e. The molecule has 0 saturated carbocycles. The molecular weight excluding hydrogens is 306 g/mol. The number of carbonyl (C=O) groups excluding carboxylic acids is 2. The highest BCUT2D eigenvalue weighted by Crippen LogP contribution is 2.29. The Hall–Kier alpha value is -2.08. The normalized spacial score (nSPS) is 24.2. The minimum atomic E-state index is -0.721.